The van der Waals surface area contributed by atoms with Crippen LogP contribution in [0.15, 0.2) is 12.1 Å². The van der Waals surface area contributed by atoms with Crippen LogP contribution in [0, 0.1) is 0 Å². The number of amides is 2. The van der Waals surface area contributed by atoms with Gasteiger partial charge in [0.1, 0.15) is 5.60 Å². The molecule has 120 valence electrons. The minimum Gasteiger partial charge on any atom is -0.444 e. The zero-order valence-electron chi connectivity index (χ0n) is 13.0. The number of nitrogens with zero attached hydrogens (tertiary/aromatic N) is 4. The third-order valence-corrected chi connectivity index (χ3v) is 3.43. The number of ether oxygens (including phenoxy) is 1. The summed E-state index contributed by atoms with van der Waals surface area (Å²) in [6.45, 7) is 6.33. The first-order valence-electron chi connectivity index (χ1n) is 6.91. The van der Waals surface area contributed by atoms with Gasteiger partial charge in [-0.25, -0.2) is 4.79 Å². The van der Waals surface area contributed by atoms with Crippen molar-refractivity contribution in [1.82, 2.24) is 20.0 Å². The molecule has 1 aromatic heterocycles. The van der Waals surface area contributed by atoms with Crippen molar-refractivity contribution in [2.75, 3.05) is 20.1 Å². The van der Waals surface area contributed by atoms with Crippen LogP contribution in [0.5, 0.6) is 0 Å². The average Bonchev–Trinajstić information content (AvgIpc) is 2.34. The summed E-state index contributed by atoms with van der Waals surface area (Å²) in [4.78, 5) is 27.2. The second-order valence-corrected chi connectivity index (χ2v) is 6.58. The van der Waals surface area contributed by atoms with E-state index < -0.39 is 5.60 Å². The number of likely N-dealkylation sites (tertiary alicyclic amines) is 1. The summed E-state index contributed by atoms with van der Waals surface area (Å²) in [7, 11) is 1.68. The zero-order valence-corrected chi connectivity index (χ0v) is 13.8. The highest BCUT2D eigenvalue weighted by molar-refractivity contribution is 6.29. The van der Waals surface area contributed by atoms with Crippen LogP contribution in [0.1, 0.15) is 31.3 Å². The van der Waals surface area contributed by atoms with Gasteiger partial charge in [0.15, 0.2) is 10.8 Å². The maximum Gasteiger partial charge on any atom is 0.410 e. The van der Waals surface area contributed by atoms with Crippen LogP contribution in [0.4, 0.5) is 4.79 Å². The largest absolute Gasteiger partial charge is 0.444 e. The van der Waals surface area contributed by atoms with Crippen LogP contribution in [0.3, 0.4) is 0 Å². The van der Waals surface area contributed by atoms with E-state index in [1.807, 2.05) is 20.8 Å². The summed E-state index contributed by atoms with van der Waals surface area (Å²) < 4.78 is 5.27. The number of hydrogen-bond donors (Lipinski definition) is 0. The van der Waals surface area contributed by atoms with E-state index in [0.717, 1.165) is 0 Å². The molecule has 0 radical (unpaired) electrons. The van der Waals surface area contributed by atoms with Crippen LogP contribution in [0.25, 0.3) is 0 Å². The van der Waals surface area contributed by atoms with Crippen molar-refractivity contribution in [1.29, 1.82) is 0 Å². The van der Waals surface area contributed by atoms with Gasteiger partial charge in [-0.3, -0.25) is 4.79 Å². The lowest BCUT2D eigenvalue weighted by atomic mass is 10.1. The molecule has 1 aromatic rings. The molecule has 0 unspecified atom stereocenters. The smallest absolute Gasteiger partial charge is 0.410 e. The molecule has 0 spiro atoms. The lowest BCUT2D eigenvalue weighted by molar-refractivity contribution is -0.00917. The van der Waals surface area contributed by atoms with Crippen molar-refractivity contribution in [2.45, 2.75) is 32.4 Å². The van der Waals surface area contributed by atoms with Gasteiger partial charge in [-0.1, -0.05) is 11.6 Å². The summed E-state index contributed by atoms with van der Waals surface area (Å²) >= 11 is 5.65. The van der Waals surface area contributed by atoms with Crippen molar-refractivity contribution in [3.8, 4) is 0 Å². The summed E-state index contributed by atoms with van der Waals surface area (Å²) in [6, 6.07) is 2.99. The molecule has 0 saturated carbocycles. The third kappa shape index (κ3) is 3.85. The van der Waals surface area contributed by atoms with E-state index in [9.17, 15) is 9.59 Å². The van der Waals surface area contributed by atoms with Gasteiger partial charge < -0.3 is 14.5 Å². The van der Waals surface area contributed by atoms with E-state index in [1.165, 1.54) is 12.1 Å². The quantitative estimate of drug-likeness (QED) is 0.828. The van der Waals surface area contributed by atoms with Crippen molar-refractivity contribution < 1.29 is 14.3 Å². The summed E-state index contributed by atoms with van der Waals surface area (Å²) in [5.74, 6) is -0.252. The second-order valence-electron chi connectivity index (χ2n) is 6.20. The molecule has 0 N–H and O–H groups in total. The molecule has 1 aliphatic heterocycles. The molecular weight excluding hydrogens is 308 g/mol. The van der Waals surface area contributed by atoms with Crippen LogP contribution in [0.2, 0.25) is 5.15 Å². The monoisotopic (exact) mass is 326 g/mol. The molecule has 1 fully saturated rings. The summed E-state index contributed by atoms with van der Waals surface area (Å²) in [6.07, 6.45) is -0.365. The molecule has 0 aliphatic carbocycles. The number of likely N-dealkylation sites (N-methyl/N-ethyl adjacent to an activating group) is 1. The van der Waals surface area contributed by atoms with Crippen molar-refractivity contribution >= 4 is 23.6 Å². The number of hydrogen-bond acceptors (Lipinski definition) is 5. The lowest BCUT2D eigenvalue weighted by Crippen LogP contribution is -2.61. The Morgan fingerprint density at radius 2 is 1.95 bits per heavy atom. The first kappa shape index (κ1) is 16.5. The van der Waals surface area contributed by atoms with Gasteiger partial charge in [0, 0.05) is 20.1 Å². The molecule has 0 atom stereocenters. The van der Waals surface area contributed by atoms with Gasteiger partial charge in [0.25, 0.3) is 5.91 Å². The summed E-state index contributed by atoms with van der Waals surface area (Å²) in [5, 5.41) is 7.65. The number of carbonyl (C=O) groups excluding carboxylic acids is 2. The Balaban J connectivity index is 1.88. The number of carbonyl (C=O) groups is 2. The minimum atomic E-state index is -0.525. The highest BCUT2D eigenvalue weighted by Gasteiger charge is 2.37. The molecule has 2 heterocycles. The van der Waals surface area contributed by atoms with E-state index in [4.69, 9.17) is 16.3 Å². The van der Waals surface area contributed by atoms with Crippen molar-refractivity contribution in [3.05, 3.63) is 23.0 Å². The molecule has 0 bridgehead atoms. The Labute approximate surface area is 134 Å². The molecule has 7 nitrogen and oxygen atoms in total. The van der Waals surface area contributed by atoms with E-state index in [1.54, 1.807) is 16.8 Å². The molecule has 1 aliphatic rings. The molecule has 22 heavy (non-hydrogen) atoms. The molecule has 1 saturated heterocycles. The molecule has 2 amide bonds. The van der Waals surface area contributed by atoms with Crippen molar-refractivity contribution in [2.24, 2.45) is 0 Å². The molecule has 0 aromatic carbocycles. The number of halogens is 1. The Kier molecular flexibility index (Phi) is 4.55. The van der Waals surface area contributed by atoms with Crippen LogP contribution >= 0.6 is 11.6 Å². The van der Waals surface area contributed by atoms with Gasteiger partial charge in [-0.2, -0.15) is 0 Å². The van der Waals surface area contributed by atoms with Gasteiger partial charge in [0.05, 0.1) is 6.04 Å². The Hall–Kier alpha value is -1.89. The topological polar surface area (TPSA) is 75.6 Å². The minimum absolute atomic E-state index is 0.0579. The fraction of sp³-hybridized carbons (Fsp3) is 0.571. The van der Waals surface area contributed by atoms with E-state index >= 15 is 0 Å². The summed E-state index contributed by atoms with van der Waals surface area (Å²) in [5.41, 5.74) is -0.300. The first-order valence-corrected chi connectivity index (χ1v) is 7.29. The van der Waals surface area contributed by atoms with E-state index in [2.05, 4.69) is 10.2 Å². The van der Waals surface area contributed by atoms with Crippen LogP contribution in [-0.4, -0.2) is 63.8 Å². The van der Waals surface area contributed by atoms with Crippen molar-refractivity contribution in [3.63, 3.8) is 0 Å². The first-order chi connectivity index (χ1) is 10.2. The van der Waals surface area contributed by atoms with E-state index in [-0.39, 0.29) is 28.9 Å². The standard InChI is InChI=1S/C14H19ClN4O3/c1-14(2,3)22-13(21)19-7-9(8-19)18(4)12(20)10-5-6-11(15)17-16-10/h5-6,9H,7-8H2,1-4H3. The highest BCUT2D eigenvalue weighted by Crippen LogP contribution is 2.19. The van der Waals surface area contributed by atoms with Crippen LogP contribution in [-0.2, 0) is 4.74 Å². The highest BCUT2D eigenvalue weighted by atomic mass is 35.5. The van der Waals surface area contributed by atoms with Crippen LogP contribution < -0.4 is 0 Å². The third-order valence-electron chi connectivity index (χ3n) is 3.23. The molecule has 8 heteroatoms. The fourth-order valence-electron chi connectivity index (χ4n) is 1.95. The maximum atomic E-state index is 12.2. The zero-order chi connectivity index (χ0) is 16.5. The number of rotatable bonds is 2. The lowest BCUT2D eigenvalue weighted by Gasteiger charge is -2.43. The fourth-order valence-corrected chi connectivity index (χ4v) is 2.05. The molecular formula is C14H19ClN4O3. The van der Waals surface area contributed by atoms with Gasteiger partial charge in [-0.05, 0) is 32.9 Å². The normalized spacial score (nSPS) is 15.2. The van der Waals surface area contributed by atoms with E-state index in [0.29, 0.717) is 13.1 Å². The number of aromatic nitrogens is 2. The second kappa shape index (κ2) is 6.08. The Morgan fingerprint density at radius 3 is 2.45 bits per heavy atom. The molecule has 2 rings (SSSR count). The Bertz CT molecular complexity index is 564. The average molecular weight is 327 g/mol. The predicted molar refractivity (Wildman–Crippen MR) is 80.7 cm³/mol. The van der Waals surface area contributed by atoms with Gasteiger partial charge >= 0.3 is 6.09 Å². The Morgan fingerprint density at radius 1 is 1.32 bits per heavy atom. The SMILES string of the molecule is CN(C(=O)c1ccc(Cl)nn1)C1CN(C(=O)OC(C)(C)C)C1. The predicted octanol–water partition coefficient (Wildman–Crippen LogP) is 1.82. The van der Waals surface area contributed by atoms with Gasteiger partial charge in [0.2, 0.25) is 0 Å². The van der Waals surface area contributed by atoms with Gasteiger partial charge in [-0.15, -0.1) is 10.2 Å². The maximum absolute atomic E-state index is 12.2.